The Hall–Kier alpha value is -2.34. The van der Waals surface area contributed by atoms with Gasteiger partial charge in [-0.05, 0) is 25.1 Å². The molecule has 0 aliphatic heterocycles. The lowest BCUT2D eigenvalue weighted by Gasteiger charge is -1.98. The van der Waals surface area contributed by atoms with E-state index in [0.717, 1.165) is 32.2 Å². The van der Waals surface area contributed by atoms with Crippen molar-refractivity contribution in [3.05, 3.63) is 41.2 Å². The maximum Gasteiger partial charge on any atom is 0.308 e. The SMILES string of the molecule is Cc1nc(-c2ccc3nccnc3c2)sc1CC(=O)O. The summed E-state index contributed by atoms with van der Waals surface area (Å²) in [6, 6.07) is 5.75. The average molecular weight is 285 g/mol. The third kappa shape index (κ3) is 2.37. The molecule has 0 radical (unpaired) electrons. The van der Waals surface area contributed by atoms with Gasteiger partial charge >= 0.3 is 5.97 Å². The third-order valence-electron chi connectivity index (χ3n) is 2.92. The van der Waals surface area contributed by atoms with Crippen molar-refractivity contribution in [3.8, 4) is 10.6 Å². The van der Waals surface area contributed by atoms with Crippen LogP contribution >= 0.6 is 11.3 Å². The van der Waals surface area contributed by atoms with Gasteiger partial charge in [0.25, 0.3) is 0 Å². The summed E-state index contributed by atoms with van der Waals surface area (Å²) in [6.07, 6.45) is 3.31. The number of nitrogens with zero attached hydrogens (tertiary/aromatic N) is 3. The molecule has 0 atom stereocenters. The smallest absolute Gasteiger partial charge is 0.308 e. The van der Waals surface area contributed by atoms with Crippen LogP contribution in [0, 0.1) is 6.92 Å². The molecule has 0 saturated heterocycles. The van der Waals surface area contributed by atoms with Gasteiger partial charge < -0.3 is 5.11 Å². The number of rotatable bonds is 3. The molecule has 2 aromatic heterocycles. The first kappa shape index (κ1) is 12.7. The average Bonchev–Trinajstić information content (AvgIpc) is 2.79. The van der Waals surface area contributed by atoms with Gasteiger partial charge in [0, 0.05) is 22.8 Å². The molecular formula is C14H11N3O2S. The molecule has 0 spiro atoms. The Kier molecular flexibility index (Phi) is 3.15. The van der Waals surface area contributed by atoms with Gasteiger partial charge in [-0.25, -0.2) is 4.98 Å². The molecule has 100 valence electrons. The Labute approximate surface area is 119 Å². The lowest BCUT2D eigenvalue weighted by atomic mass is 10.2. The lowest BCUT2D eigenvalue weighted by molar-refractivity contribution is -0.136. The van der Waals surface area contributed by atoms with Gasteiger partial charge in [0.05, 0.1) is 23.1 Å². The van der Waals surface area contributed by atoms with Gasteiger partial charge in [0.15, 0.2) is 0 Å². The van der Waals surface area contributed by atoms with Crippen LogP contribution in [-0.2, 0) is 11.2 Å². The summed E-state index contributed by atoms with van der Waals surface area (Å²) in [4.78, 5) is 24.5. The fourth-order valence-electron chi connectivity index (χ4n) is 1.95. The number of hydrogen-bond donors (Lipinski definition) is 1. The zero-order valence-corrected chi connectivity index (χ0v) is 11.5. The molecular weight excluding hydrogens is 274 g/mol. The van der Waals surface area contributed by atoms with E-state index in [0.29, 0.717) is 0 Å². The van der Waals surface area contributed by atoms with E-state index in [-0.39, 0.29) is 6.42 Å². The standard InChI is InChI=1S/C14H11N3O2S/c1-8-12(7-13(18)19)20-14(17-8)9-2-3-10-11(6-9)16-5-4-15-10/h2-6H,7H2,1H3,(H,18,19). The van der Waals surface area contributed by atoms with Crippen molar-refractivity contribution in [1.29, 1.82) is 0 Å². The first-order chi connectivity index (χ1) is 9.63. The maximum absolute atomic E-state index is 10.8. The second-order valence-corrected chi connectivity index (χ2v) is 5.44. The number of carboxylic acid groups (broad SMARTS) is 1. The van der Waals surface area contributed by atoms with Gasteiger partial charge in [-0.15, -0.1) is 11.3 Å². The van der Waals surface area contributed by atoms with Crippen molar-refractivity contribution in [2.75, 3.05) is 0 Å². The molecule has 2 heterocycles. The molecule has 1 N–H and O–H groups in total. The van der Waals surface area contributed by atoms with E-state index in [1.165, 1.54) is 11.3 Å². The van der Waals surface area contributed by atoms with Gasteiger partial charge in [0.2, 0.25) is 0 Å². The first-order valence-electron chi connectivity index (χ1n) is 6.03. The molecule has 5 nitrogen and oxygen atoms in total. The fraction of sp³-hybridized carbons (Fsp3) is 0.143. The molecule has 3 aromatic rings. The van der Waals surface area contributed by atoms with Gasteiger partial charge in [-0.3, -0.25) is 14.8 Å². The Balaban J connectivity index is 2.04. The molecule has 0 amide bonds. The van der Waals surface area contributed by atoms with Crippen molar-refractivity contribution < 1.29 is 9.90 Å². The molecule has 0 bridgehead atoms. The minimum Gasteiger partial charge on any atom is -0.481 e. The van der Waals surface area contributed by atoms with Crippen molar-refractivity contribution in [2.24, 2.45) is 0 Å². The topological polar surface area (TPSA) is 76.0 Å². The number of carboxylic acids is 1. The minimum atomic E-state index is -0.840. The molecule has 3 rings (SSSR count). The van der Waals surface area contributed by atoms with E-state index in [9.17, 15) is 4.79 Å². The number of aryl methyl sites for hydroxylation is 1. The zero-order valence-electron chi connectivity index (χ0n) is 10.7. The third-order valence-corrected chi connectivity index (χ3v) is 4.13. The lowest BCUT2D eigenvalue weighted by Crippen LogP contribution is -1.99. The molecule has 20 heavy (non-hydrogen) atoms. The number of benzene rings is 1. The van der Waals surface area contributed by atoms with Crippen molar-refractivity contribution >= 4 is 28.3 Å². The van der Waals surface area contributed by atoms with Crippen LogP contribution in [0.4, 0.5) is 0 Å². The maximum atomic E-state index is 10.8. The van der Waals surface area contributed by atoms with E-state index >= 15 is 0 Å². The summed E-state index contributed by atoms with van der Waals surface area (Å²) in [5, 5.41) is 9.68. The van der Waals surface area contributed by atoms with Crippen LogP contribution in [0.25, 0.3) is 21.6 Å². The molecule has 1 aromatic carbocycles. The van der Waals surface area contributed by atoms with Crippen LogP contribution in [0.15, 0.2) is 30.6 Å². The molecule has 0 fully saturated rings. The molecule has 0 unspecified atom stereocenters. The number of aliphatic carboxylic acids is 1. The Morgan fingerprint density at radius 1 is 1.25 bits per heavy atom. The Morgan fingerprint density at radius 3 is 2.75 bits per heavy atom. The van der Waals surface area contributed by atoms with E-state index in [2.05, 4.69) is 15.0 Å². The van der Waals surface area contributed by atoms with Crippen LogP contribution in [0.2, 0.25) is 0 Å². The van der Waals surface area contributed by atoms with E-state index in [4.69, 9.17) is 5.11 Å². The number of carbonyl (C=O) groups is 1. The highest BCUT2D eigenvalue weighted by Crippen LogP contribution is 2.29. The summed E-state index contributed by atoms with van der Waals surface area (Å²) in [5.74, 6) is -0.840. The summed E-state index contributed by atoms with van der Waals surface area (Å²) in [5.41, 5.74) is 3.34. The van der Waals surface area contributed by atoms with E-state index in [1.807, 2.05) is 25.1 Å². The zero-order chi connectivity index (χ0) is 14.1. The second kappa shape index (κ2) is 4.97. The predicted molar refractivity (Wildman–Crippen MR) is 76.7 cm³/mol. The van der Waals surface area contributed by atoms with Crippen LogP contribution in [-0.4, -0.2) is 26.0 Å². The number of hydrogen-bond acceptors (Lipinski definition) is 5. The van der Waals surface area contributed by atoms with Gasteiger partial charge in [-0.1, -0.05) is 0 Å². The van der Waals surface area contributed by atoms with Gasteiger partial charge in [-0.2, -0.15) is 0 Å². The highest BCUT2D eigenvalue weighted by molar-refractivity contribution is 7.15. The first-order valence-corrected chi connectivity index (χ1v) is 6.84. The second-order valence-electron chi connectivity index (χ2n) is 4.36. The fourth-order valence-corrected chi connectivity index (χ4v) is 3.00. The summed E-state index contributed by atoms with van der Waals surface area (Å²) >= 11 is 1.41. The quantitative estimate of drug-likeness (QED) is 0.800. The Morgan fingerprint density at radius 2 is 2.00 bits per heavy atom. The summed E-state index contributed by atoms with van der Waals surface area (Å²) in [6.45, 7) is 1.83. The predicted octanol–water partition coefficient (Wildman–Crippen LogP) is 2.69. The summed E-state index contributed by atoms with van der Waals surface area (Å²) < 4.78 is 0. The van der Waals surface area contributed by atoms with Crippen LogP contribution in [0.1, 0.15) is 10.6 Å². The van der Waals surface area contributed by atoms with Crippen LogP contribution < -0.4 is 0 Å². The normalized spacial score (nSPS) is 10.8. The monoisotopic (exact) mass is 285 g/mol. The molecule has 0 aliphatic rings. The molecule has 0 saturated carbocycles. The summed E-state index contributed by atoms with van der Waals surface area (Å²) in [7, 11) is 0. The highest BCUT2D eigenvalue weighted by Gasteiger charge is 2.12. The van der Waals surface area contributed by atoms with E-state index in [1.54, 1.807) is 12.4 Å². The van der Waals surface area contributed by atoms with Crippen molar-refractivity contribution in [1.82, 2.24) is 15.0 Å². The Bertz CT molecular complexity index is 798. The van der Waals surface area contributed by atoms with E-state index < -0.39 is 5.97 Å². The minimum absolute atomic E-state index is 0.0108. The van der Waals surface area contributed by atoms with Crippen LogP contribution in [0.3, 0.4) is 0 Å². The van der Waals surface area contributed by atoms with Crippen molar-refractivity contribution in [3.63, 3.8) is 0 Å². The van der Waals surface area contributed by atoms with Crippen LogP contribution in [0.5, 0.6) is 0 Å². The number of fused-ring (bicyclic) bond motifs is 1. The highest BCUT2D eigenvalue weighted by atomic mass is 32.1. The number of thiazole rings is 1. The largest absolute Gasteiger partial charge is 0.481 e. The van der Waals surface area contributed by atoms with Gasteiger partial charge in [0.1, 0.15) is 5.01 Å². The number of aromatic nitrogens is 3. The van der Waals surface area contributed by atoms with Crippen molar-refractivity contribution in [2.45, 2.75) is 13.3 Å². The molecule has 6 heteroatoms. The molecule has 0 aliphatic carbocycles.